The van der Waals surface area contributed by atoms with Gasteiger partial charge < -0.3 is 38.3 Å². The van der Waals surface area contributed by atoms with Crippen molar-refractivity contribution in [2.24, 2.45) is 35.5 Å². The van der Waals surface area contributed by atoms with E-state index < -0.39 is 77.3 Å². The molecule has 3 saturated heterocycles. The van der Waals surface area contributed by atoms with Crippen molar-refractivity contribution in [3.8, 4) is 0 Å². The molecule has 0 bridgehead atoms. The molecule has 6 fully saturated rings. The van der Waals surface area contributed by atoms with Crippen molar-refractivity contribution in [2.45, 2.75) is 201 Å². The maximum atomic E-state index is 13.2. The van der Waals surface area contributed by atoms with Gasteiger partial charge in [-0.1, -0.05) is 26.2 Å². The first kappa shape index (κ1) is 68.1. The van der Waals surface area contributed by atoms with Gasteiger partial charge in [-0.2, -0.15) is 0 Å². The first-order chi connectivity index (χ1) is 40.5. The zero-order chi connectivity index (χ0) is 63.3. The number of aliphatic hydroxyl groups is 1. The van der Waals surface area contributed by atoms with Crippen molar-refractivity contribution < 1.29 is 76.6 Å². The molecule has 6 aliphatic carbocycles. The first-order valence-corrected chi connectivity index (χ1v) is 34.1. The monoisotopic (exact) mass is 1240 g/mol. The van der Waals surface area contributed by atoms with Crippen molar-refractivity contribution in [3.63, 3.8) is 0 Å². The molecule has 13 atom stereocenters. The van der Waals surface area contributed by atoms with Gasteiger partial charge in [0.1, 0.15) is 16.8 Å². The summed E-state index contributed by atoms with van der Waals surface area (Å²) in [6.45, 7) is 19.3. The second-order valence-electron chi connectivity index (χ2n) is 25.9. The summed E-state index contributed by atoms with van der Waals surface area (Å²) < 4.78 is 37.8. The zero-order valence-corrected chi connectivity index (χ0v) is 54.6. The molecule has 5 aliphatic heterocycles. The Hall–Kier alpha value is -5.44. The fourth-order valence-corrected chi connectivity index (χ4v) is 13.3. The number of amides is 6. The minimum atomic E-state index is -0.847. The number of aliphatic hydroxyl groups excluding tert-OH is 1. The molecule has 25 heteroatoms. The van der Waals surface area contributed by atoms with E-state index in [4.69, 9.17) is 33.2 Å². The van der Waals surface area contributed by atoms with E-state index in [0.717, 1.165) is 109 Å². The van der Waals surface area contributed by atoms with Crippen LogP contribution in [0.4, 0.5) is 14.4 Å². The van der Waals surface area contributed by atoms with Crippen LogP contribution in [0.25, 0.3) is 0 Å². The fourth-order valence-electron chi connectivity index (χ4n) is 13.3. The van der Waals surface area contributed by atoms with Crippen molar-refractivity contribution in [2.75, 3.05) is 0 Å². The summed E-state index contributed by atoms with van der Waals surface area (Å²) in [5, 5.41) is 9.47. The lowest BCUT2D eigenvalue weighted by atomic mass is 9.40. The largest absolute Gasteiger partial charge is 0.515 e. The number of likely N-dealkylation sites (tertiary alicyclic amines) is 3. The highest BCUT2D eigenvalue weighted by Crippen LogP contribution is 2.54. The van der Waals surface area contributed by atoms with E-state index in [1.807, 2.05) is 0 Å². The Morgan fingerprint density at radius 3 is 1.10 bits per heavy atom. The Balaban J connectivity index is 0.000000178. The summed E-state index contributed by atoms with van der Waals surface area (Å²) in [5.41, 5.74) is 3.59. The van der Waals surface area contributed by atoms with Gasteiger partial charge in [-0.25, -0.2) is 38.7 Å². The van der Waals surface area contributed by atoms with Crippen LogP contribution in [0, 0.1) is 35.5 Å². The lowest BCUT2D eigenvalue weighted by Gasteiger charge is -2.29. The van der Waals surface area contributed by atoms with Gasteiger partial charge in [0.05, 0.1) is 53.6 Å². The molecule has 5 radical (unpaired) electrons. The number of hydrogen-bond donors (Lipinski definition) is 1. The zero-order valence-electron chi connectivity index (χ0n) is 51.3. The van der Waals surface area contributed by atoms with Crippen molar-refractivity contribution >= 4 is 96.3 Å². The molecule has 1 N–H and O–H groups in total. The molecule has 461 valence electrons. The molecule has 11 aliphatic rings. The summed E-state index contributed by atoms with van der Waals surface area (Å²) in [5.74, 6) is -1.30. The average molecular weight is 1240 g/mol. The van der Waals surface area contributed by atoms with E-state index in [-0.39, 0.29) is 35.9 Å². The van der Waals surface area contributed by atoms with Crippen LogP contribution in [0.15, 0.2) is 93.8 Å². The van der Waals surface area contributed by atoms with Crippen LogP contribution in [-0.2, 0) is 57.1 Å². The van der Waals surface area contributed by atoms with Crippen molar-refractivity contribution in [3.05, 3.63) is 93.8 Å². The Kier molecular flexibility index (Phi) is 22.5. The lowest BCUT2D eigenvalue weighted by Crippen LogP contribution is -2.43. The van der Waals surface area contributed by atoms with E-state index in [1.165, 1.54) is 32.8 Å². The minimum Gasteiger partial charge on any atom is -0.515 e. The van der Waals surface area contributed by atoms with Gasteiger partial charge in [0.2, 0.25) is 0 Å². The van der Waals surface area contributed by atoms with Gasteiger partial charge in [0, 0.05) is 63.6 Å². The van der Waals surface area contributed by atoms with Gasteiger partial charge in [-0.3, -0.25) is 14.4 Å². The molecule has 0 spiro atoms. The first-order valence-electron chi connectivity index (χ1n) is 29.5. The highest BCUT2D eigenvalue weighted by molar-refractivity contribution is 8.33. The number of imide groups is 3. The average Bonchev–Trinajstić information content (AvgIpc) is 1.65. The molecular formula is C61H82B3N3O16P3. The number of fused-ring (bicyclic) bond motifs is 9. The second-order valence-corrected chi connectivity index (χ2v) is 30.3. The Morgan fingerprint density at radius 2 is 0.849 bits per heavy atom. The molecule has 19 nitrogen and oxygen atoms in total. The normalized spacial score (nSPS) is 30.7. The van der Waals surface area contributed by atoms with Crippen LogP contribution in [-0.4, -0.2) is 138 Å². The SMILES string of the molecule is CC(C)(C)OC(=O)N1C(=O)/C(=C\O)[C@H]2C[C@@H]3CCCC=C3[C@H]21.CC1=C[C@@H](O/C=C2/C(=O)N(C(=O)OC(C)(C)C)[C@@H]3C4=CCCC[C@H]4C[C@H]23)OC1=O.CC1=C[C@H](O/C=C2/C(=O)N(C(=O)OC(C)(C)C)[C@@H]3C4=CCCC[C@H]4C[C@H]23)OC1=O.PPP.[B][B][B]. The number of hydrogen-bond acceptors (Lipinski definition) is 16. The predicted octanol–water partition coefficient (Wildman–Crippen LogP) is 10.6. The maximum Gasteiger partial charge on any atom is 0.417 e. The molecule has 2 unspecified atom stereocenters. The number of esters is 2. The van der Waals surface area contributed by atoms with Gasteiger partial charge >= 0.3 is 30.2 Å². The highest BCUT2D eigenvalue weighted by Gasteiger charge is 2.59. The van der Waals surface area contributed by atoms with Crippen molar-refractivity contribution in [1.29, 1.82) is 0 Å². The second kappa shape index (κ2) is 28.4. The Morgan fingerprint density at radius 1 is 0.570 bits per heavy atom. The van der Waals surface area contributed by atoms with Crippen LogP contribution in [0.3, 0.4) is 0 Å². The number of carbonyl (C=O) groups excluding carboxylic acids is 8. The molecule has 6 amide bonds. The number of ether oxygens (including phenoxy) is 7. The summed E-state index contributed by atoms with van der Waals surface area (Å²) in [4.78, 5) is 104. The van der Waals surface area contributed by atoms with Crippen LogP contribution in [0.1, 0.15) is 153 Å². The maximum absolute atomic E-state index is 13.2. The van der Waals surface area contributed by atoms with Crippen LogP contribution in [0.2, 0.25) is 0 Å². The highest BCUT2D eigenvalue weighted by atomic mass is 32.4. The van der Waals surface area contributed by atoms with Crippen LogP contribution < -0.4 is 0 Å². The van der Waals surface area contributed by atoms with Gasteiger partial charge in [0.25, 0.3) is 30.3 Å². The van der Waals surface area contributed by atoms with Gasteiger partial charge in [-0.15, -0.1) is 17.9 Å². The quantitative estimate of drug-likeness (QED) is 0.0524. The molecule has 0 aromatic rings. The predicted molar refractivity (Wildman–Crippen MR) is 333 cm³/mol. The van der Waals surface area contributed by atoms with Crippen LogP contribution >= 0.6 is 25.8 Å². The summed E-state index contributed by atoms with van der Waals surface area (Å²) in [6, 6.07) is -0.909. The molecule has 0 aromatic carbocycles. The molecule has 86 heavy (non-hydrogen) atoms. The summed E-state index contributed by atoms with van der Waals surface area (Å²) in [7, 11) is 16.1. The topological polar surface area (TPSA) is 231 Å². The summed E-state index contributed by atoms with van der Waals surface area (Å²) >= 11 is 0. The van der Waals surface area contributed by atoms with Gasteiger partial charge in [0.15, 0.2) is 0 Å². The Labute approximate surface area is 515 Å². The third-order valence-corrected chi connectivity index (χ3v) is 16.5. The standard InChI is InChI=1S/2C22H27NO6.C17H23NO4.B3.H5P3/c2*1-12-9-17(28-20(12)25)27-11-16-15-10-13-7-5-6-8-14(13)18(15)23(19(16)24)21(26)29-22(2,3)4;1-17(2,3)22-16(21)18-14-11-7-5-4-6-10(11)8-12(14)13(9-19)15(18)20;2*1-3-2/h2*8-9,11,13,15,17-18H,5-7,10H2,1-4H3;7,9-10,12,14,19H,4-6,8H2,1-3H3;;3H,1-2H2/b2*16-11+;13-9-;;/t13-,15+,17+,18+;13-,15+,17-,18+;10-,12+,14+;;/m000../s1. The fraction of sp³-hybridized carbons (Fsp3) is 0.607. The van der Waals surface area contributed by atoms with Crippen molar-refractivity contribution in [1.82, 2.24) is 14.7 Å². The minimum absolute atomic E-state index is 0.0978. The van der Waals surface area contributed by atoms with E-state index in [2.05, 4.69) is 51.6 Å². The molecule has 0 aromatic heterocycles. The number of rotatable bonds is 4. The van der Waals surface area contributed by atoms with Crippen LogP contribution in [0.5, 0.6) is 0 Å². The number of cyclic esters (lactones) is 2. The molecule has 3 saturated carbocycles. The molecule has 5 heterocycles. The summed E-state index contributed by atoms with van der Waals surface area (Å²) in [6.07, 6.45) is 21.7. The third kappa shape index (κ3) is 15.5. The molecular weight excluding hydrogens is 1160 g/mol. The van der Waals surface area contributed by atoms with E-state index in [9.17, 15) is 43.5 Å². The van der Waals surface area contributed by atoms with E-state index in [0.29, 0.717) is 45.6 Å². The third-order valence-electron chi connectivity index (χ3n) is 16.5. The Bertz CT molecular complexity index is 2790. The van der Waals surface area contributed by atoms with E-state index in [1.54, 1.807) is 88.3 Å². The number of carbonyl (C=O) groups is 8. The number of nitrogens with zero attached hydrogens (tertiary/aromatic N) is 3. The molecule has 11 rings (SSSR count). The lowest BCUT2D eigenvalue weighted by molar-refractivity contribution is -0.153. The smallest absolute Gasteiger partial charge is 0.417 e. The van der Waals surface area contributed by atoms with Gasteiger partial charge in [-0.05, 0) is 188 Å². The van der Waals surface area contributed by atoms with E-state index >= 15 is 0 Å². The number of allylic oxidation sites excluding steroid dienone is 3.